The number of phenols is 1. The maximum atomic E-state index is 13.3. The van der Waals surface area contributed by atoms with Crippen LogP contribution in [-0.4, -0.2) is 37.1 Å². The molecule has 0 fully saturated rings. The second kappa shape index (κ2) is 8.78. The molecule has 2 aromatic carbocycles. The first-order valence-corrected chi connectivity index (χ1v) is 11.0. The summed E-state index contributed by atoms with van der Waals surface area (Å²) < 4.78 is 1.61. The molecule has 2 aliphatic rings. The summed E-state index contributed by atoms with van der Waals surface area (Å²) in [6, 6.07) is 14.8. The van der Waals surface area contributed by atoms with Gasteiger partial charge in [0.25, 0.3) is 5.56 Å². The zero-order valence-electron chi connectivity index (χ0n) is 18.4. The van der Waals surface area contributed by atoms with Crippen LogP contribution < -0.4 is 16.6 Å². The second-order valence-electron chi connectivity index (χ2n) is 8.24. The minimum Gasteiger partial charge on any atom is -0.508 e. The van der Waals surface area contributed by atoms with Crippen molar-refractivity contribution in [1.82, 2.24) is 24.8 Å². The monoisotopic (exact) mass is 455 g/mol. The summed E-state index contributed by atoms with van der Waals surface area (Å²) in [5.41, 5.74) is 10.2. The Morgan fingerprint density at radius 2 is 1.97 bits per heavy atom. The van der Waals surface area contributed by atoms with Gasteiger partial charge in [0.2, 0.25) is 0 Å². The van der Waals surface area contributed by atoms with E-state index in [4.69, 9.17) is 16.1 Å². The number of nitrogens with two attached hydrogens (primary N) is 1. The molecule has 3 heterocycles. The van der Waals surface area contributed by atoms with Gasteiger partial charge in [-0.05, 0) is 36.6 Å². The fourth-order valence-corrected chi connectivity index (χ4v) is 4.19. The van der Waals surface area contributed by atoms with Crippen molar-refractivity contribution < 1.29 is 5.11 Å². The number of rotatable bonds is 7. The highest BCUT2D eigenvalue weighted by Crippen LogP contribution is 2.29. The summed E-state index contributed by atoms with van der Waals surface area (Å²) in [6.45, 7) is 0.540. The molecule has 0 amide bonds. The van der Waals surface area contributed by atoms with E-state index in [0.717, 1.165) is 33.4 Å². The molecule has 0 spiro atoms. The average molecular weight is 456 g/mol. The molecule has 7 N–H and O–H groups in total. The van der Waals surface area contributed by atoms with Crippen LogP contribution in [0.1, 0.15) is 23.4 Å². The first-order chi connectivity index (χ1) is 16.5. The molecule has 3 aromatic rings. The number of aryl methyl sites for hydroxylation is 1. The van der Waals surface area contributed by atoms with Crippen molar-refractivity contribution in [3.8, 4) is 22.8 Å². The third kappa shape index (κ3) is 4.11. The summed E-state index contributed by atoms with van der Waals surface area (Å²) in [4.78, 5) is 24.8. The number of phenolic OH excluding ortho intramolecular Hbond substituents is 1. The molecule has 9 heteroatoms. The summed E-state index contributed by atoms with van der Waals surface area (Å²) in [7, 11) is 0. The number of nitrogens with one attached hydrogen (secondary N) is 4. The molecule has 0 saturated heterocycles. The number of benzene rings is 2. The largest absolute Gasteiger partial charge is 0.508 e. The van der Waals surface area contributed by atoms with Crippen molar-refractivity contribution in [2.45, 2.75) is 19.3 Å². The number of H-pyrrole nitrogens is 2. The maximum Gasteiger partial charge on any atom is 0.278 e. The van der Waals surface area contributed by atoms with Gasteiger partial charge in [-0.15, -0.1) is 0 Å². The highest BCUT2D eigenvalue weighted by molar-refractivity contribution is 5.94. The van der Waals surface area contributed by atoms with Gasteiger partial charge in [0.15, 0.2) is 11.8 Å². The number of guanidine groups is 1. The van der Waals surface area contributed by atoms with Crippen LogP contribution in [0.2, 0.25) is 0 Å². The normalized spacial score (nSPS) is 11.3. The quantitative estimate of drug-likeness (QED) is 0.127. The molecule has 1 aromatic heterocycles. The Labute approximate surface area is 195 Å². The van der Waals surface area contributed by atoms with Gasteiger partial charge in [-0.25, -0.2) is 4.98 Å². The first kappa shape index (κ1) is 21.3. The Morgan fingerprint density at radius 3 is 2.76 bits per heavy atom. The minimum atomic E-state index is -0.165. The SMILES string of the molecule is N=C(N)NCCCc1[nH]c(-c2c[nH]c3ccccc23)cn2c(=O)c(Cc3ccc(O)cc3)nc1-2. The van der Waals surface area contributed by atoms with Gasteiger partial charge in [0.1, 0.15) is 11.4 Å². The maximum absolute atomic E-state index is 13.3. The lowest BCUT2D eigenvalue weighted by atomic mass is 10.1. The predicted octanol–water partition coefficient (Wildman–Crippen LogP) is 2.86. The van der Waals surface area contributed by atoms with Gasteiger partial charge in [-0.3, -0.25) is 14.8 Å². The zero-order chi connectivity index (χ0) is 23.7. The highest BCUT2D eigenvalue weighted by atomic mass is 16.3. The molecule has 0 radical (unpaired) electrons. The number of aromatic amines is 2. The summed E-state index contributed by atoms with van der Waals surface area (Å²) in [5, 5.41) is 20.8. The molecule has 34 heavy (non-hydrogen) atoms. The smallest absolute Gasteiger partial charge is 0.278 e. The number of nitrogens with zero attached hydrogens (tertiary/aromatic N) is 2. The Morgan fingerprint density at radius 1 is 1.18 bits per heavy atom. The van der Waals surface area contributed by atoms with Gasteiger partial charge >= 0.3 is 0 Å². The first-order valence-electron chi connectivity index (χ1n) is 11.0. The van der Waals surface area contributed by atoms with E-state index >= 15 is 0 Å². The second-order valence-corrected chi connectivity index (χ2v) is 8.24. The van der Waals surface area contributed by atoms with Gasteiger partial charge < -0.3 is 26.1 Å². The standard InChI is InChI=1S/C25H25N7O2/c26-25(27)28-11-3-6-20-23-31-21(12-15-7-9-16(33)10-8-15)24(34)32(23)14-22(30-20)18-13-29-19-5-2-1-4-17(18)19/h1-2,4-5,7-10,13-14,29-30,33H,3,6,11-12H2,(H4,26,27,28). The molecule has 9 nitrogen and oxygen atoms in total. The topological polar surface area (TPSA) is 149 Å². The summed E-state index contributed by atoms with van der Waals surface area (Å²) >= 11 is 0. The number of para-hydroxylation sites is 1. The molecule has 0 bridgehead atoms. The van der Waals surface area contributed by atoms with Crippen LogP contribution in [0.25, 0.3) is 28.0 Å². The van der Waals surface area contributed by atoms with Crippen LogP contribution in [0.15, 0.2) is 65.7 Å². The summed E-state index contributed by atoms with van der Waals surface area (Å²) in [5.74, 6) is 0.700. The lowest BCUT2D eigenvalue weighted by Crippen LogP contribution is -2.31. The lowest BCUT2D eigenvalue weighted by Gasteiger charge is -2.13. The van der Waals surface area contributed by atoms with Crippen LogP contribution in [0.3, 0.4) is 0 Å². The van der Waals surface area contributed by atoms with E-state index in [0.29, 0.717) is 37.3 Å². The number of fused-ring (bicyclic) bond motifs is 2. The zero-order valence-corrected chi connectivity index (χ0v) is 18.4. The Hall–Kier alpha value is -4.53. The molecule has 0 atom stereocenters. The third-order valence-electron chi connectivity index (χ3n) is 5.85. The van der Waals surface area contributed by atoms with Crippen molar-refractivity contribution in [2.75, 3.05) is 6.54 Å². The van der Waals surface area contributed by atoms with Crippen molar-refractivity contribution in [3.63, 3.8) is 0 Å². The number of hydrogen-bond donors (Lipinski definition) is 6. The van der Waals surface area contributed by atoms with E-state index < -0.39 is 0 Å². The Kier molecular flexibility index (Phi) is 5.51. The van der Waals surface area contributed by atoms with Crippen molar-refractivity contribution in [1.29, 1.82) is 5.41 Å². The average Bonchev–Trinajstić information content (AvgIpc) is 3.39. The molecule has 0 saturated carbocycles. The fraction of sp³-hybridized carbons (Fsp3) is 0.160. The van der Waals surface area contributed by atoms with Gasteiger partial charge in [0, 0.05) is 41.8 Å². The molecule has 172 valence electrons. The van der Waals surface area contributed by atoms with Gasteiger partial charge in [-0.1, -0.05) is 30.3 Å². The Balaban J connectivity index is 1.58. The van der Waals surface area contributed by atoms with Crippen molar-refractivity contribution in [3.05, 3.63) is 88.2 Å². The molecular weight excluding hydrogens is 430 g/mol. The van der Waals surface area contributed by atoms with E-state index in [1.54, 1.807) is 35.0 Å². The van der Waals surface area contributed by atoms with Crippen LogP contribution in [0.4, 0.5) is 0 Å². The Bertz CT molecular complexity index is 1490. The predicted molar refractivity (Wildman–Crippen MR) is 132 cm³/mol. The number of imidazole rings is 1. The van der Waals surface area contributed by atoms with Crippen molar-refractivity contribution >= 4 is 16.9 Å². The van der Waals surface area contributed by atoms with E-state index in [-0.39, 0.29) is 17.3 Å². The van der Waals surface area contributed by atoms with Gasteiger partial charge in [0.05, 0.1) is 11.4 Å². The number of aromatic nitrogens is 4. The molecule has 2 aliphatic heterocycles. The molecule has 0 aliphatic carbocycles. The van der Waals surface area contributed by atoms with E-state index in [1.165, 1.54) is 0 Å². The van der Waals surface area contributed by atoms with Gasteiger partial charge in [-0.2, -0.15) is 0 Å². The minimum absolute atomic E-state index is 0.0690. The molecule has 5 rings (SSSR count). The molecular formula is C25H25N7O2. The third-order valence-corrected chi connectivity index (χ3v) is 5.85. The van der Waals surface area contributed by atoms with Crippen LogP contribution in [-0.2, 0) is 12.8 Å². The highest BCUT2D eigenvalue weighted by Gasteiger charge is 2.21. The lowest BCUT2D eigenvalue weighted by molar-refractivity contribution is 0.475. The van der Waals surface area contributed by atoms with Crippen LogP contribution in [0.5, 0.6) is 5.75 Å². The number of aromatic hydroxyl groups is 1. The van der Waals surface area contributed by atoms with E-state index in [9.17, 15) is 9.90 Å². The van der Waals surface area contributed by atoms with Crippen molar-refractivity contribution in [2.24, 2.45) is 5.73 Å². The molecule has 0 unspecified atom stereocenters. The van der Waals surface area contributed by atoms with E-state index in [2.05, 4.69) is 15.3 Å². The summed E-state index contributed by atoms with van der Waals surface area (Å²) in [6.07, 6.45) is 5.43. The number of hydrogen-bond acceptors (Lipinski definition) is 4. The van der Waals surface area contributed by atoms with Crippen LogP contribution in [0, 0.1) is 5.41 Å². The van der Waals surface area contributed by atoms with Crippen LogP contribution >= 0.6 is 0 Å². The van der Waals surface area contributed by atoms with E-state index in [1.807, 2.05) is 30.5 Å². The fourth-order valence-electron chi connectivity index (χ4n) is 4.19.